The highest BCUT2D eigenvalue weighted by molar-refractivity contribution is 6.29. The van der Waals surface area contributed by atoms with Crippen LogP contribution in [0.15, 0.2) is 30.7 Å². The Hall–Kier alpha value is -1.99. The van der Waals surface area contributed by atoms with Crippen LogP contribution in [0.5, 0.6) is 0 Å². The number of nitrogens with zero attached hydrogens (tertiary/aromatic N) is 3. The van der Waals surface area contributed by atoms with Crippen LogP contribution in [-0.2, 0) is 11.3 Å². The quantitative estimate of drug-likeness (QED) is 0.823. The predicted molar refractivity (Wildman–Crippen MR) is 66.1 cm³/mol. The highest BCUT2D eigenvalue weighted by atomic mass is 35.5. The van der Waals surface area contributed by atoms with E-state index < -0.39 is 17.8 Å². The molecule has 2 aromatic rings. The van der Waals surface area contributed by atoms with Gasteiger partial charge in [-0.05, 0) is 12.1 Å². The van der Waals surface area contributed by atoms with Gasteiger partial charge in [0.05, 0.1) is 18.9 Å². The summed E-state index contributed by atoms with van der Waals surface area (Å²) >= 11 is 5.66. The summed E-state index contributed by atoms with van der Waals surface area (Å²) in [5.74, 6) is -1.17. The number of hydrogen-bond donors (Lipinski definition) is 2. The molecule has 0 radical (unpaired) electrons. The van der Waals surface area contributed by atoms with Crippen molar-refractivity contribution >= 4 is 23.2 Å². The monoisotopic (exact) mass is 284 g/mol. The van der Waals surface area contributed by atoms with Crippen molar-refractivity contribution in [1.29, 1.82) is 0 Å². The lowest BCUT2D eigenvalue weighted by Crippen LogP contribution is -2.31. The summed E-state index contributed by atoms with van der Waals surface area (Å²) in [5.41, 5.74) is 0.413. The number of nitrogens with one attached hydrogen (secondary N) is 1. The number of carbonyl (C=O) groups excluding carboxylic acids is 1. The lowest BCUT2D eigenvalue weighted by molar-refractivity contribution is -0.124. The van der Waals surface area contributed by atoms with Crippen LogP contribution in [0.3, 0.4) is 0 Å². The number of anilines is 1. The topological polar surface area (TPSA) is 80.0 Å². The highest BCUT2D eigenvalue weighted by Gasteiger charge is 2.16. The molecule has 0 aromatic carbocycles. The van der Waals surface area contributed by atoms with Gasteiger partial charge in [-0.1, -0.05) is 11.6 Å². The van der Waals surface area contributed by atoms with Crippen LogP contribution in [0, 0.1) is 5.82 Å². The van der Waals surface area contributed by atoms with Crippen LogP contribution in [0.4, 0.5) is 10.1 Å². The third-order valence-corrected chi connectivity index (χ3v) is 2.47. The molecule has 1 amide bonds. The zero-order valence-electron chi connectivity index (χ0n) is 9.62. The Balaban J connectivity index is 1.96. The molecule has 0 saturated carbocycles. The molecule has 0 fully saturated rings. The van der Waals surface area contributed by atoms with Gasteiger partial charge in [0, 0.05) is 11.9 Å². The first kappa shape index (κ1) is 13.4. The van der Waals surface area contributed by atoms with Crippen molar-refractivity contribution in [3.63, 3.8) is 0 Å². The fourth-order valence-corrected chi connectivity index (χ4v) is 1.58. The van der Waals surface area contributed by atoms with E-state index in [4.69, 9.17) is 11.6 Å². The molecule has 8 heteroatoms. The first-order valence-corrected chi connectivity index (χ1v) is 5.71. The van der Waals surface area contributed by atoms with Crippen molar-refractivity contribution in [2.45, 2.75) is 12.6 Å². The summed E-state index contributed by atoms with van der Waals surface area (Å²) in [4.78, 5) is 15.4. The van der Waals surface area contributed by atoms with Crippen LogP contribution in [0.2, 0.25) is 5.15 Å². The third-order valence-electron chi connectivity index (χ3n) is 2.26. The molecule has 6 nitrogen and oxygen atoms in total. The molecule has 1 atom stereocenters. The maximum absolute atomic E-state index is 12.7. The molecule has 19 heavy (non-hydrogen) atoms. The number of rotatable bonds is 4. The summed E-state index contributed by atoms with van der Waals surface area (Å²) in [6, 6.07) is 2.98. The van der Waals surface area contributed by atoms with Crippen molar-refractivity contribution in [2.24, 2.45) is 0 Å². The van der Waals surface area contributed by atoms with Gasteiger partial charge in [0.2, 0.25) is 0 Å². The zero-order chi connectivity index (χ0) is 13.8. The Bertz CT molecular complexity index is 590. The molecule has 0 aliphatic heterocycles. The largest absolute Gasteiger partial charge is 0.381 e. The van der Waals surface area contributed by atoms with Gasteiger partial charge in [-0.15, -0.1) is 0 Å². The van der Waals surface area contributed by atoms with E-state index in [1.165, 1.54) is 18.3 Å². The molecule has 2 N–H and O–H groups in total. The van der Waals surface area contributed by atoms with Crippen molar-refractivity contribution < 1.29 is 14.3 Å². The molecule has 2 rings (SSSR count). The van der Waals surface area contributed by atoms with Crippen LogP contribution in [-0.4, -0.2) is 31.9 Å². The molecule has 100 valence electrons. The molecule has 0 bridgehead atoms. The maximum atomic E-state index is 12.7. The zero-order valence-corrected chi connectivity index (χ0v) is 10.4. The Morgan fingerprint density at radius 1 is 1.63 bits per heavy atom. The normalized spacial score (nSPS) is 12.2. The third kappa shape index (κ3) is 3.73. The number of halogens is 2. The number of hydrogen-bond acceptors (Lipinski definition) is 4. The summed E-state index contributed by atoms with van der Waals surface area (Å²) in [5, 5.41) is 16.0. The van der Waals surface area contributed by atoms with E-state index in [2.05, 4.69) is 15.4 Å². The average Bonchev–Trinajstić information content (AvgIpc) is 2.74. The van der Waals surface area contributed by atoms with Gasteiger partial charge in [0.15, 0.2) is 11.9 Å². The van der Waals surface area contributed by atoms with Gasteiger partial charge in [0.1, 0.15) is 5.15 Å². The smallest absolute Gasteiger partial charge is 0.255 e. The molecule has 0 spiro atoms. The van der Waals surface area contributed by atoms with Crippen molar-refractivity contribution in [3.05, 3.63) is 41.7 Å². The van der Waals surface area contributed by atoms with Gasteiger partial charge in [0.25, 0.3) is 5.91 Å². The number of carbonyl (C=O) groups is 1. The summed E-state index contributed by atoms with van der Waals surface area (Å²) in [7, 11) is 0. The molecule has 0 saturated heterocycles. The fraction of sp³-hybridized carbons (Fsp3) is 0.182. The SMILES string of the molecule is O=C(Nc1ccnc(Cl)c1)[C@@H](O)Cn1cc(F)cn1. The van der Waals surface area contributed by atoms with E-state index in [0.717, 1.165) is 17.1 Å². The lowest BCUT2D eigenvalue weighted by atomic mass is 10.3. The van der Waals surface area contributed by atoms with Gasteiger partial charge in [-0.25, -0.2) is 9.37 Å². The van der Waals surface area contributed by atoms with Gasteiger partial charge in [-0.3, -0.25) is 9.48 Å². The highest BCUT2D eigenvalue weighted by Crippen LogP contribution is 2.12. The Kier molecular flexibility index (Phi) is 4.08. The Morgan fingerprint density at radius 3 is 3.05 bits per heavy atom. The van der Waals surface area contributed by atoms with E-state index >= 15 is 0 Å². The minimum atomic E-state index is -1.36. The van der Waals surface area contributed by atoms with Crippen molar-refractivity contribution in [3.8, 4) is 0 Å². The number of aliphatic hydroxyl groups is 1. The van der Waals surface area contributed by atoms with E-state index in [-0.39, 0.29) is 11.7 Å². The maximum Gasteiger partial charge on any atom is 0.255 e. The number of pyridine rings is 1. The minimum Gasteiger partial charge on any atom is -0.381 e. The predicted octanol–water partition coefficient (Wildman–Crippen LogP) is 1.07. The second kappa shape index (κ2) is 5.77. The Morgan fingerprint density at radius 2 is 2.42 bits per heavy atom. The summed E-state index contributed by atoms with van der Waals surface area (Å²) in [6.45, 7) is -0.144. The van der Waals surface area contributed by atoms with Crippen LogP contribution in [0.25, 0.3) is 0 Å². The second-order valence-corrected chi connectivity index (χ2v) is 4.14. The van der Waals surface area contributed by atoms with Crippen molar-refractivity contribution in [2.75, 3.05) is 5.32 Å². The molecule has 0 aliphatic rings. The van der Waals surface area contributed by atoms with Crippen LogP contribution in [0.1, 0.15) is 0 Å². The number of aliphatic hydroxyl groups excluding tert-OH is 1. The molecule has 0 aliphatic carbocycles. The van der Waals surface area contributed by atoms with Crippen molar-refractivity contribution in [1.82, 2.24) is 14.8 Å². The average molecular weight is 285 g/mol. The Labute approximate surface area is 112 Å². The van der Waals surface area contributed by atoms with Crippen LogP contribution < -0.4 is 5.32 Å². The van der Waals surface area contributed by atoms with Gasteiger partial charge >= 0.3 is 0 Å². The second-order valence-electron chi connectivity index (χ2n) is 3.75. The van der Waals surface area contributed by atoms with E-state index in [9.17, 15) is 14.3 Å². The standard InChI is InChI=1S/C11H10ClFN4O2/c12-10-3-8(1-2-14-10)16-11(19)9(18)6-17-5-7(13)4-15-17/h1-5,9,18H,6H2,(H,14,16,19)/t9-/m0/s1. The number of amides is 1. The van der Waals surface area contributed by atoms with E-state index in [1.54, 1.807) is 0 Å². The molecule has 2 aromatic heterocycles. The molecule has 2 heterocycles. The summed E-state index contributed by atoms with van der Waals surface area (Å²) < 4.78 is 13.8. The van der Waals surface area contributed by atoms with Gasteiger partial charge < -0.3 is 10.4 Å². The lowest BCUT2D eigenvalue weighted by Gasteiger charge is -2.11. The fourth-order valence-electron chi connectivity index (χ4n) is 1.40. The van der Waals surface area contributed by atoms with Crippen LogP contribution >= 0.6 is 11.6 Å². The van der Waals surface area contributed by atoms with E-state index in [1.807, 2.05) is 0 Å². The summed E-state index contributed by atoms with van der Waals surface area (Å²) in [6.07, 6.45) is 2.14. The first-order chi connectivity index (χ1) is 9.04. The first-order valence-electron chi connectivity index (χ1n) is 5.33. The molecule has 0 unspecified atom stereocenters. The van der Waals surface area contributed by atoms with Gasteiger partial charge in [-0.2, -0.15) is 5.10 Å². The minimum absolute atomic E-state index is 0.144. The number of aromatic nitrogens is 3. The van der Waals surface area contributed by atoms with E-state index in [0.29, 0.717) is 5.69 Å². The molecular formula is C11H10ClFN4O2. The molecular weight excluding hydrogens is 275 g/mol.